The first-order valence-electron chi connectivity index (χ1n) is 9.11. The average molecular weight is 399 g/mol. The molecule has 1 aromatic rings. The summed E-state index contributed by atoms with van der Waals surface area (Å²) in [6.45, 7) is 7.12. The number of sulfonamides is 1. The van der Waals surface area contributed by atoms with E-state index in [0.717, 1.165) is 12.8 Å². The fourth-order valence-electron chi connectivity index (χ4n) is 3.01. The molecule has 1 aromatic carbocycles. The first kappa shape index (κ1) is 21.5. The van der Waals surface area contributed by atoms with Gasteiger partial charge in [0, 0.05) is 26.7 Å². The van der Waals surface area contributed by atoms with Gasteiger partial charge in [-0.05, 0) is 63.8 Å². The number of rotatable bonds is 5. The normalized spacial score (nSPS) is 16.4. The topological polar surface area (TPSA) is 76.2 Å². The van der Waals surface area contributed by atoms with Crippen molar-refractivity contribution < 1.29 is 22.7 Å². The zero-order valence-electron chi connectivity index (χ0n) is 16.8. The van der Waals surface area contributed by atoms with Crippen LogP contribution in [-0.4, -0.2) is 63.1 Å². The molecule has 1 fully saturated rings. The van der Waals surface area contributed by atoms with Crippen LogP contribution in [0.1, 0.15) is 33.6 Å². The number of methoxy groups -OCH3 is 1. The van der Waals surface area contributed by atoms with Gasteiger partial charge < -0.3 is 14.4 Å². The van der Waals surface area contributed by atoms with Crippen molar-refractivity contribution in [1.29, 1.82) is 0 Å². The number of benzene rings is 1. The van der Waals surface area contributed by atoms with Gasteiger partial charge in [-0.2, -0.15) is 0 Å². The van der Waals surface area contributed by atoms with Crippen LogP contribution in [0.5, 0.6) is 5.75 Å². The molecule has 0 aromatic heterocycles. The van der Waals surface area contributed by atoms with E-state index in [1.807, 2.05) is 20.8 Å². The minimum atomic E-state index is -3.54. The summed E-state index contributed by atoms with van der Waals surface area (Å²) in [7, 11) is -0.407. The molecule has 1 amide bonds. The maximum absolute atomic E-state index is 12.7. The lowest BCUT2D eigenvalue weighted by Gasteiger charge is -2.34. The van der Waals surface area contributed by atoms with Gasteiger partial charge in [0.25, 0.3) is 0 Å². The Morgan fingerprint density at radius 3 is 2.22 bits per heavy atom. The number of amides is 1. The highest BCUT2D eigenvalue weighted by Gasteiger charge is 2.29. The van der Waals surface area contributed by atoms with E-state index in [1.54, 1.807) is 43.3 Å². The molecule has 1 heterocycles. The highest BCUT2D eigenvalue weighted by atomic mass is 32.2. The third kappa shape index (κ3) is 5.84. The lowest BCUT2D eigenvalue weighted by Crippen LogP contribution is -2.44. The lowest BCUT2D eigenvalue weighted by atomic mass is 9.97. The van der Waals surface area contributed by atoms with Gasteiger partial charge in [-0.25, -0.2) is 17.5 Å². The standard InChI is InChI=1S/C19H30N2O5S/c1-19(2,3)26-18(22)21-12-10-15(11-13-21)14-20(4)27(23,24)17-8-6-16(25-5)7-9-17/h6-9,15H,10-14H2,1-5H3. The van der Waals surface area contributed by atoms with Crippen LogP contribution in [0.3, 0.4) is 0 Å². The van der Waals surface area contributed by atoms with E-state index in [1.165, 1.54) is 4.31 Å². The van der Waals surface area contributed by atoms with Crippen molar-refractivity contribution in [2.75, 3.05) is 33.8 Å². The van der Waals surface area contributed by atoms with Crippen LogP contribution in [-0.2, 0) is 14.8 Å². The Kier molecular flexibility index (Phi) is 6.75. The number of carbonyl (C=O) groups excluding carboxylic acids is 1. The minimum Gasteiger partial charge on any atom is -0.497 e. The summed E-state index contributed by atoms with van der Waals surface area (Å²) in [5, 5.41) is 0. The molecule has 8 heteroatoms. The molecule has 0 N–H and O–H groups in total. The number of nitrogens with zero attached hydrogens (tertiary/aromatic N) is 2. The number of ether oxygens (including phenoxy) is 2. The van der Waals surface area contributed by atoms with Gasteiger partial charge in [0.2, 0.25) is 10.0 Å². The van der Waals surface area contributed by atoms with Gasteiger partial charge in [0.05, 0.1) is 12.0 Å². The van der Waals surface area contributed by atoms with Gasteiger partial charge in [-0.15, -0.1) is 0 Å². The third-order valence-electron chi connectivity index (χ3n) is 4.55. The van der Waals surface area contributed by atoms with Crippen molar-refractivity contribution in [3.05, 3.63) is 24.3 Å². The average Bonchev–Trinajstić information content (AvgIpc) is 2.60. The predicted octanol–water partition coefficient (Wildman–Crippen LogP) is 2.96. The predicted molar refractivity (Wildman–Crippen MR) is 103 cm³/mol. The number of piperidine rings is 1. The molecule has 0 atom stereocenters. The van der Waals surface area contributed by atoms with Gasteiger partial charge in [-0.3, -0.25) is 0 Å². The molecule has 0 bridgehead atoms. The number of hydrogen-bond acceptors (Lipinski definition) is 5. The Bertz CT molecular complexity index is 732. The maximum Gasteiger partial charge on any atom is 0.410 e. The van der Waals surface area contributed by atoms with Crippen molar-refractivity contribution >= 4 is 16.1 Å². The summed E-state index contributed by atoms with van der Waals surface area (Å²) < 4.78 is 37.3. The van der Waals surface area contributed by atoms with Crippen molar-refractivity contribution in [3.63, 3.8) is 0 Å². The fraction of sp³-hybridized carbons (Fsp3) is 0.632. The fourth-order valence-corrected chi connectivity index (χ4v) is 4.26. The highest BCUT2D eigenvalue weighted by Crippen LogP contribution is 2.24. The van der Waals surface area contributed by atoms with Gasteiger partial charge in [0.1, 0.15) is 11.4 Å². The van der Waals surface area contributed by atoms with Crippen molar-refractivity contribution in [1.82, 2.24) is 9.21 Å². The zero-order valence-corrected chi connectivity index (χ0v) is 17.6. The van der Waals surface area contributed by atoms with Crippen LogP contribution in [0.4, 0.5) is 4.79 Å². The monoisotopic (exact) mass is 398 g/mol. The molecule has 152 valence electrons. The Balaban J connectivity index is 1.91. The van der Waals surface area contributed by atoms with E-state index in [9.17, 15) is 13.2 Å². The molecule has 0 unspecified atom stereocenters. The Morgan fingerprint density at radius 2 is 1.74 bits per heavy atom. The second-order valence-corrected chi connectivity index (χ2v) is 9.92. The molecule has 0 saturated carbocycles. The van der Waals surface area contributed by atoms with Crippen molar-refractivity contribution in [2.45, 2.75) is 44.1 Å². The summed E-state index contributed by atoms with van der Waals surface area (Å²) in [6, 6.07) is 6.38. The zero-order chi connectivity index (χ0) is 20.2. The summed E-state index contributed by atoms with van der Waals surface area (Å²) >= 11 is 0. The summed E-state index contributed by atoms with van der Waals surface area (Å²) in [5.74, 6) is 0.827. The van der Waals surface area contributed by atoms with Crippen LogP contribution in [0.25, 0.3) is 0 Å². The minimum absolute atomic E-state index is 0.210. The lowest BCUT2D eigenvalue weighted by molar-refractivity contribution is 0.0179. The quantitative estimate of drug-likeness (QED) is 0.762. The number of hydrogen-bond donors (Lipinski definition) is 0. The van der Waals surface area contributed by atoms with Crippen molar-refractivity contribution in [2.24, 2.45) is 5.92 Å². The third-order valence-corrected chi connectivity index (χ3v) is 6.39. The molecule has 0 radical (unpaired) electrons. The highest BCUT2D eigenvalue weighted by molar-refractivity contribution is 7.89. The summed E-state index contributed by atoms with van der Waals surface area (Å²) in [6.07, 6.45) is 1.20. The smallest absolute Gasteiger partial charge is 0.410 e. The first-order chi connectivity index (χ1) is 12.5. The molecule has 2 rings (SSSR count). The molecular weight excluding hydrogens is 368 g/mol. The Labute approximate surface area is 162 Å². The summed E-state index contributed by atoms with van der Waals surface area (Å²) in [5.41, 5.74) is -0.513. The van der Waals surface area contributed by atoms with Crippen LogP contribution in [0.2, 0.25) is 0 Å². The van der Waals surface area contributed by atoms with Crippen molar-refractivity contribution in [3.8, 4) is 5.75 Å². The molecule has 7 nitrogen and oxygen atoms in total. The van der Waals surface area contributed by atoms with E-state index in [4.69, 9.17) is 9.47 Å². The number of carbonyl (C=O) groups is 1. The van der Waals surface area contributed by atoms with Gasteiger partial charge in [0.15, 0.2) is 0 Å². The maximum atomic E-state index is 12.7. The second kappa shape index (κ2) is 8.48. The van der Waals surface area contributed by atoms with E-state index in [2.05, 4.69) is 0 Å². The molecule has 1 aliphatic heterocycles. The second-order valence-electron chi connectivity index (χ2n) is 7.87. The molecule has 1 aliphatic rings. The van der Waals surface area contributed by atoms with Gasteiger partial charge >= 0.3 is 6.09 Å². The molecule has 0 aliphatic carbocycles. The Morgan fingerprint density at radius 1 is 1.19 bits per heavy atom. The van der Waals surface area contributed by atoms with Crippen LogP contribution < -0.4 is 4.74 Å². The van der Waals surface area contributed by atoms with Gasteiger partial charge in [-0.1, -0.05) is 0 Å². The molecule has 27 heavy (non-hydrogen) atoms. The van der Waals surface area contributed by atoms with Crippen LogP contribution in [0.15, 0.2) is 29.2 Å². The van der Waals surface area contributed by atoms with E-state index >= 15 is 0 Å². The SMILES string of the molecule is COc1ccc(S(=O)(=O)N(C)CC2CCN(C(=O)OC(C)(C)C)CC2)cc1. The molecule has 0 spiro atoms. The summed E-state index contributed by atoms with van der Waals surface area (Å²) in [4.78, 5) is 14.1. The van der Waals surface area contributed by atoms with Crippen LogP contribution in [0, 0.1) is 5.92 Å². The van der Waals surface area contributed by atoms with E-state index in [0.29, 0.717) is 25.4 Å². The first-order valence-corrected chi connectivity index (χ1v) is 10.6. The Hall–Kier alpha value is -1.80. The number of likely N-dealkylation sites (tertiary alicyclic amines) is 1. The van der Waals surface area contributed by atoms with E-state index in [-0.39, 0.29) is 16.9 Å². The van der Waals surface area contributed by atoms with Crippen LogP contribution >= 0.6 is 0 Å². The molecular formula is C19H30N2O5S. The largest absolute Gasteiger partial charge is 0.497 e. The molecule has 1 saturated heterocycles. The van der Waals surface area contributed by atoms with E-state index < -0.39 is 15.6 Å².